The Kier molecular flexibility index (Phi) is 5.93. The molecule has 1 atom stereocenters. The molecular formula is C17H24FN3. The van der Waals surface area contributed by atoms with Crippen LogP contribution in [-0.4, -0.2) is 25.0 Å². The maximum absolute atomic E-state index is 13.0. The first-order valence-corrected chi connectivity index (χ1v) is 7.61. The molecule has 1 heterocycles. The Morgan fingerprint density at radius 2 is 2.14 bits per heavy atom. The minimum absolute atomic E-state index is 0.151. The van der Waals surface area contributed by atoms with Gasteiger partial charge in [-0.3, -0.25) is 4.99 Å². The van der Waals surface area contributed by atoms with Crippen LogP contribution in [0.3, 0.4) is 0 Å². The van der Waals surface area contributed by atoms with Gasteiger partial charge < -0.3 is 10.6 Å². The van der Waals surface area contributed by atoms with Crippen molar-refractivity contribution < 1.29 is 4.39 Å². The van der Waals surface area contributed by atoms with Crippen LogP contribution in [0.25, 0.3) is 0 Å². The minimum Gasteiger partial charge on any atom is -0.348 e. The molecule has 1 aromatic carbocycles. The molecule has 3 nitrogen and oxygen atoms in total. The van der Waals surface area contributed by atoms with Crippen molar-refractivity contribution in [2.75, 3.05) is 13.1 Å². The van der Waals surface area contributed by atoms with Gasteiger partial charge in [0.1, 0.15) is 5.82 Å². The van der Waals surface area contributed by atoms with Gasteiger partial charge in [-0.05, 0) is 63.4 Å². The highest BCUT2D eigenvalue weighted by atomic mass is 19.1. The SMILES string of the molecule is CC1=NC(C)C=C(CCNCCCc2cccc(F)c2)N1. The van der Waals surface area contributed by atoms with Crippen LogP contribution >= 0.6 is 0 Å². The Morgan fingerprint density at radius 1 is 1.29 bits per heavy atom. The van der Waals surface area contributed by atoms with E-state index in [0.717, 1.165) is 43.8 Å². The summed E-state index contributed by atoms with van der Waals surface area (Å²) in [7, 11) is 0. The predicted octanol–water partition coefficient (Wildman–Crippen LogP) is 3.03. The average molecular weight is 289 g/mol. The first-order chi connectivity index (χ1) is 10.1. The fraction of sp³-hybridized carbons (Fsp3) is 0.471. The molecule has 0 bridgehead atoms. The van der Waals surface area contributed by atoms with Crippen LogP contribution in [0.5, 0.6) is 0 Å². The summed E-state index contributed by atoms with van der Waals surface area (Å²) in [6.07, 6.45) is 5.08. The molecule has 0 saturated heterocycles. The number of benzene rings is 1. The predicted molar refractivity (Wildman–Crippen MR) is 86.0 cm³/mol. The minimum atomic E-state index is -0.151. The van der Waals surface area contributed by atoms with Crippen LogP contribution in [0.1, 0.15) is 32.3 Å². The van der Waals surface area contributed by atoms with E-state index >= 15 is 0 Å². The summed E-state index contributed by atoms with van der Waals surface area (Å²) in [5.41, 5.74) is 2.31. The number of halogens is 1. The van der Waals surface area contributed by atoms with E-state index in [2.05, 4.69) is 28.6 Å². The van der Waals surface area contributed by atoms with Gasteiger partial charge in [0.15, 0.2) is 0 Å². The van der Waals surface area contributed by atoms with E-state index in [-0.39, 0.29) is 11.9 Å². The average Bonchev–Trinajstić information content (AvgIpc) is 2.42. The second kappa shape index (κ2) is 7.93. The number of rotatable bonds is 7. The number of hydrogen-bond acceptors (Lipinski definition) is 3. The Bertz CT molecular complexity index is 523. The van der Waals surface area contributed by atoms with E-state index in [9.17, 15) is 4.39 Å². The summed E-state index contributed by atoms with van der Waals surface area (Å²) in [5.74, 6) is 0.841. The van der Waals surface area contributed by atoms with Crippen molar-refractivity contribution in [2.24, 2.45) is 4.99 Å². The van der Waals surface area contributed by atoms with Crippen molar-refractivity contribution in [1.82, 2.24) is 10.6 Å². The van der Waals surface area contributed by atoms with Crippen LogP contribution in [-0.2, 0) is 6.42 Å². The summed E-state index contributed by atoms with van der Waals surface area (Å²) in [6, 6.07) is 7.11. The smallest absolute Gasteiger partial charge is 0.123 e. The fourth-order valence-corrected chi connectivity index (χ4v) is 2.54. The third kappa shape index (κ3) is 5.68. The Morgan fingerprint density at radius 3 is 2.90 bits per heavy atom. The molecule has 0 spiro atoms. The van der Waals surface area contributed by atoms with Gasteiger partial charge in [0.2, 0.25) is 0 Å². The topological polar surface area (TPSA) is 36.4 Å². The highest BCUT2D eigenvalue weighted by Crippen LogP contribution is 2.08. The molecule has 114 valence electrons. The van der Waals surface area contributed by atoms with Gasteiger partial charge in [-0.25, -0.2) is 4.39 Å². The zero-order valence-electron chi connectivity index (χ0n) is 12.8. The molecular weight excluding hydrogens is 265 g/mol. The highest BCUT2D eigenvalue weighted by Gasteiger charge is 2.07. The molecule has 0 aliphatic carbocycles. The highest BCUT2D eigenvalue weighted by molar-refractivity contribution is 5.82. The number of amidine groups is 1. The molecule has 0 saturated carbocycles. The van der Waals surface area contributed by atoms with Crippen LogP contribution in [0, 0.1) is 5.82 Å². The maximum atomic E-state index is 13.0. The van der Waals surface area contributed by atoms with Crippen LogP contribution < -0.4 is 10.6 Å². The molecule has 2 N–H and O–H groups in total. The van der Waals surface area contributed by atoms with Crippen molar-refractivity contribution in [1.29, 1.82) is 0 Å². The lowest BCUT2D eigenvalue weighted by molar-refractivity contribution is 0.618. The van der Waals surface area contributed by atoms with Crippen LogP contribution in [0.4, 0.5) is 4.39 Å². The molecule has 2 rings (SSSR count). The summed E-state index contributed by atoms with van der Waals surface area (Å²) in [5, 5.41) is 6.73. The summed E-state index contributed by atoms with van der Waals surface area (Å²) >= 11 is 0. The second-order valence-corrected chi connectivity index (χ2v) is 5.51. The molecule has 0 fully saturated rings. The second-order valence-electron chi connectivity index (χ2n) is 5.51. The number of nitrogens with zero attached hydrogens (tertiary/aromatic N) is 1. The summed E-state index contributed by atoms with van der Waals surface area (Å²) < 4.78 is 13.0. The quantitative estimate of drug-likeness (QED) is 0.757. The van der Waals surface area contributed by atoms with E-state index in [4.69, 9.17) is 0 Å². The standard InChI is InChI=1S/C17H24FN3/c1-13-11-17(21-14(2)20-13)8-10-19-9-4-6-15-5-3-7-16(18)12-15/h3,5,7,11-13,19H,4,6,8-10H2,1-2H3,(H,20,21). The van der Waals surface area contributed by atoms with Crippen LogP contribution in [0.15, 0.2) is 41.0 Å². The maximum Gasteiger partial charge on any atom is 0.123 e. The van der Waals surface area contributed by atoms with Crippen LogP contribution in [0.2, 0.25) is 0 Å². The van der Waals surface area contributed by atoms with Gasteiger partial charge in [-0.15, -0.1) is 0 Å². The van der Waals surface area contributed by atoms with E-state index in [1.807, 2.05) is 13.0 Å². The summed E-state index contributed by atoms with van der Waals surface area (Å²) in [6.45, 7) is 5.99. The Balaban J connectivity index is 1.58. The molecule has 1 aliphatic rings. The number of hydrogen-bond donors (Lipinski definition) is 2. The fourth-order valence-electron chi connectivity index (χ4n) is 2.54. The first kappa shape index (κ1) is 15.7. The molecule has 0 radical (unpaired) electrons. The van der Waals surface area contributed by atoms with Gasteiger partial charge in [0, 0.05) is 12.2 Å². The lowest BCUT2D eigenvalue weighted by Crippen LogP contribution is -2.28. The van der Waals surface area contributed by atoms with E-state index in [1.165, 1.54) is 11.8 Å². The van der Waals surface area contributed by atoms with Gasteiger partial charge in [0.25, 0.3) is 0 Å². The van der Waals surface area contributed by atoms with E-state index in [0.29, 0.717) is 0 Å². The molecule has 1 aliphatic heterocycles. The molecule has 21 heavy (non-hydrogen) atoms. The van der Waals surface area contributed by atoms with E-state index < -0.39 is 0 Å². The number of aryl methyl sites for hydroxylation is 1. The zero-order chi connectivity index (χ0) is 15.1. The monoisotopic (exact) mass is 289 g/mol. The Labute approximate surface area is 126 Å². The van der Waals surface area contributed by atoms with Gasteiger partial charge in [-0.2, -0.15) is 0 Å². The van der Waals surface area contributed by atoms with Crippen molar-refractivity contribution in [3.05, 3.63) is 47.4 Å². The number of aliphatic imine (C=N–C) groups is 1. The molecule has 0 amide bonds. The largest absolute Gasteiger partial charge is 0.348 e. The molecule has 1 unspecified atom stereocenters. The normalized spacial score (nSPS) is 18.0. The Hall–Kier alpha value is -1.68. The van der Waals surface area contributed by atoms with Crippen molar-refractivity contribution >= 4 is 5.84 Å². The molecule has 1 aromatic rings. The molecule has 0 aromatic heterocycles. The van der Waals surface area contributed by atoms with Gasteiger partial charge in [-0.1, -0.05) is 12.1 Å². The van der Waals surface area contributed by atoms with Crippen molar-refractivity contribution in [3.8, 4) is 0 Å². The first-order valence-electron chi connectivity index (χ1n) is 7.61. The summed E-state index contributed by atoms with van der Waals surface area (Å²) in [4.78, 5) is 4.41. The third-order valence-corrected chi connectivity index (χ3v) is 3.46. The lowest BCUT2D eigenvalue weighted by Gasteiger charge is -2.18. The molecule has 4 heteroatoms. The number of nitrogens with one attached hydrogen (secondary N) is 2. The zero-order valence-corrected chi connectivity index (χ0v) is 12.8. The van der Waals surface area contributed by atoms with Gasteiger partial charge in [0.05, 0.1) is 11.9 Å². The van der Waals surface area contributed by atoms with Gasteiger partial charge >= 0.3 is 0 Å². The lowest BCUT2D eigenvalue weighted by atomic mass is 10.1. The van der Waals surface area contributed by atoms with Crippen molar-refractivity contribution in [3.63, 3.8) is 0 Å². The van der Waals surface area contributed by atoms with Crippen molar-refractivity contribution in [2.45, 2.75) is 39.2 Å². The third-order valence-electron chi connectivity index (χ3n) is 3.46. The van der Waals surface area contributed by atoms with E-state index in [1.54, 1.807) is 12.1 Å².